The van der Waals surface area contributed by atoms with Gasteiger partial charge in [0.05, 0.1) is 17.4 Å². The van der Waals surface area contributed by atoms with Crippen molar-refractivity contribution in [3.63, 3.8) is 0 Å². The highest BCUT2D eigenvalue weighted by atomic mass is 35.5. The molecule has 0 spiro atoms. The van der Waals surface area contributed by atoms with Crippen molar-refractivity contribution in [2.45, 2.75) is 20.8 Å². The van der Waals surface area contributed by atoms with Gasteiger partial charge in [-0.25, -0.2) is 0 Å². The molecule has 0 aliphatic heterocycles. The monoisotopic (exact) mass is 437 g/mol. The highest BCUT2D eigenvalue weighted by Gasteiger charge is 2.20. The minimum Gasteiger partial charge on any atom is -0.407 e. The van der Waals surface area contributed by atoms with Gasteiger partial charge in [0.25, 0.3) is 0 Å². The molecule has 0 fully saturated rings. The number of carbonyl (C=O) groups is 3. The summed E-state index contributed by atoms with van der Waals surface area (Å²) in [6, 6.07) is 16.1. The fraction of sp³-hybridized carbons (Fsp3) is 0.130. The van der Waals surface area contributed by atoms with Gasteiger partial charge < -0.3 is 4.74 Å². The number of carbonyl (C=O) groups excluding carboxylic acids is 3. The van der Waals surface area contributed by atoms with Crippen LogP contribution in [0, 0.1) is 0 Å². The molecule has 0 radical (unpaired) electrons. The summed E-state index contributed by atoms with van der Waals surface area (Å²) in [6.45, 7) is 3.92. The first-order valence-corrected chi connectivity index (χ1v) is 9.76. The SMILES string of the molecule is CC(=O)O/C(=C\c1cc2ccccc2n1C(C)=O)N(/N=C\c1ccccc1Cl)C(C)=O. The third-order valence-corrected chi connectivity index (χ3v) is 4.64. The van der Waals surface area contributed by atoms with E-state index in [2.05, 4.69) is 5.10 Å². The van der Waals surface area contributed by atoms with E-state index < -0.39 is 11.9 Å². The zero-order valence-electron chi connectivity index (χ0n) is 17.2. The Morgan fingerprint density at radius 1 is 1.03 bits per heavy atom. The lowest BCUT2D eigenvalue weighted by atomic mass is 10.2. The number of ether oxygens (including phenoxy) is 1. The van der Waals surface area contributed by atoms with Crippen molar-refractivity contribution >= 4 is 52.6 Å². The van der Waals surface area contributed by atoms with Crippen molar-refractivity contribution in [1.82, 2.24) is 9.58 Å². The van der Waals surface area contributed by atoms with E-state index in [0.29, 0.717) is 21.8 Å². The van der Waals surface area contributed by atoms with E-state index in [1.54, 1.807) is 36.4 Å². The predicted octanol–water partition coefficient (Wildman–Crippen LogP) is 4.70. The van der Waals surface area contributed by atoms with Gasteiger partial charge in [-0.05, 0) is 18.2 Å². The maximum absolute atomic E-state index is 12.3. The van der Waals surface area contributed by atoms with Crippen LogP contribution in [0.2, 0.25) is 5.02 Å². The van der Waals surface area contributed by atoms with Crippen LogP contribution >= 0.6 is 11.6 Å². The lowest BCUT2D eigenvalue weighted by Crippen LogP contribution is -2.25. The smallest absolute Gasteiger partial charge is 0.309 e. The van der Waals surface area contributed by atoms with E-state index in [4.69, 9.17) is 16.3 Å². The Balaban J connectivity index is 2.13. The highest BCUT2D eigenvalue weighted by Crippen LogP contribution is 2.23. The quantitative estimate of drug-likeness (QED) is 0.251. The number of amides is 1. The Hall–Kier alpha value is -3.71. The molecule has 31 heavy (non-hydrogen) atoms. The summed E-state index contributed by atoms with van der Waals surface area (Å²) in [4.78, 5) is 36.4. The second-order valence-corrected chi connectivity index (χ2v) is 7.06. The number of hydrazone groups is 1. The molecule has 3 rings (SSSR count). The van der Waals surface area contributed by atoms with E-state index in [0.717, 1.165) is 10.4 Å². The van der Waals surface area contributed by atoms with Gasteiger partial charge >= 0.3 is 5.97 Å². The Morgan fingerprint density at radius 2 is 1.71 bits per heavy atom. The molecule has 7 nitrogen and oxygen atoms in total. The van der Waals surface area contributed by atoms with Gasteiger partial charge in [0.1, 0.15) is 0 Å². The zero-order chi connectivity index (χ0) is 22.5. The third-order valence-electron chi connectivity index (χ3n) is 4.30. The maximum Gasteiger partial charge on any atom is 0.309 e. The molecule has 0 aliphatic carbocycles. The Kier molecular flexibility index (Phi) is 6.67. The van der Waals surface area contributed by atoms with E-state index in [1.165, 1.54) is 37.6 Å². The molecule has 0 aliphatic rings. The summed E-state index contributed by atoms with van der Waals surface area (Å²) in [6.07, 6.45) is 2.82. The standard InChI is InChI=1S/C23H20ClN3O4/c1-15(28)26-20(12-18-8-5-7-11-22(18)26)13-23(31-17(3)30)27(16(2)29)25-14-19-9-4-6-10-21(19)24/h4-14H,1-3H3/b23-13-,25-14-. The van der Waals surface area contributed by atoms with Crippen LogP contribution in [0.15, 0.2) is 65.6 Å². The molecule has 0 unspecified atom stereocenters. The fourth-order valence-electron chi connectivity index (χ4n) is 3.03. The van der Waals surface area contributed by atoms with Crippen LogP contribution < -0.4 is 0 Å². The summed E-state index contributed by atoms with van der Waals surface area (Å²) >= 11 is 6.15. The topological polar surface area (TPSA) is 81.0 Å². The van der Waals surface area contributed by atoms with Crippen LogP contribution in [-0.2, 0) is 14.3 Å². The maximum atomic E-state index is 12.3. The van der Waals surface area contributed by atoms with Crippen molar-refractivity contribution in [2.75, 3.05) is 0 Å². The molecule has 8 heteroatoms. The van der Waals surface area contributed by atoms with Crippen LogP contribution in [-0.4, -0.2) is 33.6 Å². The second kappa shape index (κ2) is 9.40. The molecule has 0 N–H and O–H groups in total. The highest BCUT2D eigenvalue weighted by molar-refractivity contribution is 6.33. The number of hydrogen-bond acceptors (Lipinski definition) is 5. The first-order valence-electron chi connectivity index (χ1n) is 9.38. The van der Waals surface area contributed by atoms with Crippen molar-refractivity contribution < 1.29 is 19.1 Å². The number of nitrogens with zero attached hydrogens (tertiary/aromatic N) is 3. The molecule has 3 aromatic rings. The minimum absolute atomic E-state index is 0.145. The zero-order valence-corrected chi connectivity index (χ0v) is 18.0. The first kappa shape index (κ1) is 22.0. The van der Waals surface area contributed by atoms with E-state index in [1.807, 2.05) is 18.2 Å². The number of benzene rings is 2. The van der Waals surface area contributed by atoms with Crippen LogP contribution in [0.5, 0.6) is 0 Å². The molecule has 2 aromatic carbocycles. The summed E-state index contributed by atoms with van der Waals surface area (Å²) < 4.78 is 6.75. The Labute approximate surface area is 184 Å². The van der Waals surface area contributed by atoms with Gasteiger partial charge in [-0.3, -0.25) is 19.0 Å². The summed E-state index contributed by atoms with van der Waals surface area (Å²) in [5.41, 5.74) is 1.71. The van der Waals surface area contributed by atoms with Crippen molar-refractivity contribution in [3.8, 4) is 0 Å². The lowest BCUT2D eigenvalue weighted by Gasteiger charge is -2.18. The van der Waals surface area contributed by atoms with Gasteiger partial charge in [-0.2, -0.15) is 10.1 Å². The number of halogens is 1. The Morgan fingerprint density at radius 3 is 2.35 bits per heavy atom. The minimum atomic E-state index is -0.643. The van der Waals surface area contributed by atoms with Gasteiger partial charge in [0, 0.05) is 42.8 Å². The van der Waals surface area contributed by atoms with Gasteiger partial charge in [0.2, 0.25) is 17.7 Å². The van der Waals surface area contributed by atoms with Gasteiger partial charge in [-0.1, -0.05) is 48.0 Å². The molecule has 1 amide bonds. The second-order valence-electron chi connectivity index (χ2n) is 6.66. The summed E-state index contributed by atoms with van der Waals surface area (Å²) in [5, 5.41) is 6.37. The van der Waals surface area contributed by atoms with Gasteiger partial charge in [-0.15, -0.1) is 0 Å². The number of esters is 1. The average molecular weight is 438 g/mol. The number of rotatable bonds is 5. The summed E-state index contributed by atoms with van der Waals surface area (Å²) in [7, 11) is 0. The molecule has 1 aromatic heterocycles. The number of aromatic nitrogens is 1. The largest absolute Gasteiger partial charge is 0.407 e. The predicted molar refractivity (Wildman–Crippen MR) is 120 cm³/mol. The molecular formula is C23H20ClN3O4. The van der Waals surface area contributed by atoms with Crippen molar-refractivity contribution in [1.29, 1.82) is 0 Å². The normalized spacial score (nSPS) is 11.7. The fourth-order valence-corrected chi connectivity index (χ4v) is 3.22. The molecular weight excluding hydrogens is 418 g/mol. The van der Waals surface area contributed by atoms with E-state index >= 15 is 0 Å². The Bertz CT molecular complexity index is 1230. The summed E-state index contributed by atoms with van der Waals surface area (Å²) in [5.74, 6) is -1.52. The van der Waals surface area contributed by atoms with Crippen molar-refractivity contribution in [2.24, 2.45) is 5.10 Å². The van der Waals surface area contributed by atoms with Crippen LogP contribution in [0.3, 0.4) is 0 Å². The van der Waals surface area contributed by atoms with Gasteiger partial charge in [0.15, 0.2) is 0 Å². The first-order chi connectivity index (χ1) is 14.8. The molecule has 158 valence electrons. The molecule has 0 bridgehead atoms. The molecule has 1 heterocycles. The lowest BCUT2D eigenvalue weighted by molar-refractivity contribution is -0.142. The van der Waals surface area contributed by atoms with E-state index in [-0.39, 0.29) is 11.8 Å². The number of para-hydroxylation sites is 1. The molecule has 0 atom stereocenters. The van der Waals surface area contributed by atoms with Crippen LogP contribution in [0.25, 0.3) is 17.0 Å². The van der Waals surface area contributed by atoms with Crippen molar-refractivity contribution in [3.05, 3.63) is 76.8 Å². The molecule has 0 saturated heterocycles. The van der Waals surface area contributed by atoms with E-state index in [9.17, 15) is 14.4 Å². The van der Waals surface area contributed by atoms with Crippen LogP contribution in [0.4, 0.5) is 0 Å². The average Bonchev–Trinajstić information content (AvgIpc) is 3.06. The molecule has 0 saturated carbocycles. The third kappa shape index (κ3) is 5.07. The number of fused-ring (bicyclic) bond motifs is 1. The number of hydrogen-bond donors (Lipinski definition) is 0. The van der Waals surface area contributed by atoms with Crippen LogP contribution in [0.1, 0.15) is 36.8 Å².